The lowest BCUT2D eigenvalue weighted by Gasteiger charge is -2.37. The molecule has 0 radical (unpaired) electrons. The van der Waals surface area contributed by atoms with Crippen molar-refractivity contribution >= 4 is 14.1 Å². The highest BCUT2D eigenvalue weighted by Gasteiger charge is 2.41. The number of nitrogen functional groups attached to an aromatic ring is 1. The number of hydrogen-bond donors (Lipinski definition) is 2. The smallest absolute Gasteiger partial charge is 0.351 e. The Bertz CT molecular complexity index is 654. The van der Waals surface area contributed by atoms with Crippen LogP contribution in [-0.2, 0) is 9.16 Å². The van der Waals surface area contributed by atoms with Gasteiger partial charge in [-0.25, -0.2) is 4.79 Å². The summed E-state index contributed by atoms with van der Waals surface area (Å²) in [6, 6.07) is 0. The Hall–Kier alpha value is -1.22. The molecule has 3 N–H and O–H groups in total. The Morgan fingerprint density at radius 1 is 1.50 bits per heavy atom. The van der Waals surface area contributed by atoms with Crippen molar-refractivity contribution in [1.29, 1.82) is 0 Å². The fourth-order valence-electron chi connectivity index (χ4n) is 2.33. The van der Waals surface area contributed by atoms with Gasteiger partial charge in [0.1, 0.15) is 18.1 Å². The van der Waals surface area contributed by atoms with Crippen molar-refractivity contribution in [1.82, 2.24) is 9.55 Å². The standard InChI is InChI=1S/C16H29N3O4Si/c1-10-8-19(15(21)18-14(10)17)13-7-11(20)12(23-13)9-22-24(5,6)16(2,3)4/h8,11-13,20H,7,9H2,1-6H3,(H2,17,18,21)/t11?,12-,13-/m1/s1. The first-order valence-corrected chi connectivity index (χ1v) is 11.2. The first-order chi connectivity index (χ1) is 10.9. The maximum absolute atomic E-state index is 12.0. The third-order valence-corrected chi connectivity index (χ3v) is 9.60. The zero-order chi connectivity index (χ0) is 18.3. The molecule has 3 atom stereocenters. The van der Waals surface area contributed by atoms with Gasteiger partial charge in [-0.05, 0) is 25.1 Å². The minimum Gasteiger partial charge on any atom is -0.414 e. The Morgan fingerprint density at radius 3 is 2.71 bits per heavy atom. The molecule has 0 aliphatic carbocycles. The molecule has 1 aliphatic heterocycles. The predicted octanol–water partition coefficient (Wildman–Crippen LogP) is 1.80. The summed E-state index contributed by atoms with van der Waals surface area (Å²) in [5, 5.41) is 10.4. The van der Waals surface area contributed by atoms with E-state index in [1.807, 2.05) is 0 Å². The molecule has 1 aromatic heterocycles. The molecule has 2 heterocycles. The topological polar surface area (TPSA) is 99.6 Å². The minimum atomic E-state index is -1.92. The van der Waals surface area contributed by atoms with Crippen LogP contribution in [0.1, 0.15) is 39.0 Å². The molecule has 24 heavy (non-hydrogen) atoms. The van der Waals surface area contributed by atoms with Gasteiger partial charge in [0.25, 0.3) is 0 Å². The fourth-order valence-corrected chi connectivity index (χ4v) is 3.34. The Kier molecular flexibility index (Phi) is 5.24. The number of nitrogens with zero attached hydrogens (tertiary/aromatic N) is 2. The number of rotatable bonds is 4. The lowest BCUT2D eigenvalue weighted by Crippen LogP contribution is -2.43. The zero-order valence-electron chi connectivity index (χ0n) is 15.4. The third-order valence-electron chi connectivity index (χ3n) is 5.10. The van der Waals surface area contributed by atoms with Gasteiger partial charge < -0.3 is 20.0 Å². The molecular weight excluding hydrogens is 326 g/mol. The predicted molar refractivity (Wildman–Crippen MR) is 95.3 cm³/mol. The van der Waals surface area contributed by atoms with Gasteiger partial charge in [-0.15, -0.1) is 0 Å². The van der Waals surface area contributed by atoms with Crippen LogP contribution in [0.25, 0.3) is 0 Å². The van der Waals surface area contributed by atoms with E-state index in [0.29, 0.717) is 18.6 Å². The van der Waals surface area contributed by atoms with Crippen LogP contribution in [0.2, 0.25) is 18.1 Å². The average molecular weight is 356 g/mol. The quantitative estimate of drug-likeness (QED) is 0.799. The van der Waals surface area contributed by atoms with Gasteiger partial charge in [0.2, 0.25) is 0 Å². The summed E-state index contributed by atoms with van der Waals surface area (Å²) in [5.74, 6) is 0.215. The van der Waals surface area contributed by atoms with Gasteiger partial charge >= 0.3 is 5.69 Å². The van der Waals surface area contributed by atoms with E-state index < -0.39 is 32.4 Å². The largest absolute Gasteiger partial charge is 0.414 e. The van der Waals surface area contributed by atoms with Gasteiger partial charge in [0, 0.05) is 18.2 Å². The molecule has 1 aliphatic rings. The van der Waals surface area contributed by atoms with Gasteiger partial charge in [-0.2, -0.15) is 4.98 Å². The summed E-state index contributed by atoms with van der Waals surface area (Å²) in [6.07, 6.45) is 0.279. The van der Waals surface area contributed by atoms with E-state index >= 15 is 0 Å². The number of ether oxygens (including phenoxy) is 1. The Balaban J connectivity index is 2.08. The van der Waals surface area contributed by atoms with Crippen molar-refractivity contribution < 1.29 is 14.3 Å². The summed E-state index contributed by atoms with van der Waals surface area (Å²) in [5.41, 5.74) is 5.88. The maximum Gasteiger partial charge on any atom is 0.351 e. The van der Waals surface area contributed by atoms with Gasteiger partial charge in [-0.1, -0.05) is 20.8 Å². The molecule has 1 saturated heterocycles. The molecule has 0 amide bonds. The molecule has 0 spiro atoms. The summed E-state index contributed by atoms with van der Waals surface area (Å²) < 4.78 is 13.4. The van der Waals surface area contributed by atoms with E-state index in [4.69, 9.17) is 14.9 Å². The van der Waals surface area contributed by atoms with E-state index in [0.717, 1.165) is 0 Å². The van der Waals surface area contributed by atoms with Crippen LogP contribution in [0, 0.1) is 6.92 Å². The minimum absolute atomic E-state index is 0.0882. The SMILES string of the molecule is Cc1cn([C@H]2CC(O)[C@@H](CO[Si](C)(C)C(C)(C)C)O2)c(=O)nc1N. The molecule has 0 bridgehead atoms. The van der Waals surface area contributed by atoms with Crippen LogP contribution < -0.4 is 11.4 Å². The molecule has 8 heteroatoms. The van der Waals surface area contributed by atoms with E-state index in [1.54, 1.807) is 13.1 Å². The third kappa shape index (κ3) is 3.88. The van der Waals surface area contributed by atoms with Gasteiger partial charge in [0.15, 0.2) is 8.32 Å². The average Bonchev–Trinajstić information content (AvgIpc) is 2.80. The van der Waals surface area contributed by atoms with Crippen molar-refractivity contribution in [3.05, 3.63) is 22.2 Å². The highest BCUT2D eigenvalue weighted by molar-refractivity contribution is 6.74. The summed E-state index contributed by atoms with van der Waals surface area (Å²) in [6.45, 7) is 12.9. The number of hydrogen-bond acceptors (Lipinski definition) is 6. The van der Waals surface area contributed by atoms with Gasteiger partial charge in [0.05, 0.1) is 12.7 Å². The number of aromatic nitrogens is 2. The second kappa shape index (κ2) is 6.59. The first-order valence-electron chi connectivity index (χ1n) is 8.25. The number of aryl methyl sites for hydroxylation is 1. The lowest BCUT2D eigenvalue weighted by molar-refractivity contribution is -0.0432. The van der Waals surface area contributed by atoms with Crippen LogP contribution in [-0.4, -0.2) is 41.8 Å². The van der Waals surface area contributed by atoms with Crippen molar-refractivity contribution in [2.45, 2.75) is 70.7 Å². The second-order valence-electron chi connectivity index (χ2n) is 8.00. The monoisotopic (exact) mass is 355 g/mol. The molecule has 0 saturated carbocycles. The number of anilines is 1. The summed E-state index contributed by atoms with van der Waals surface area (Å²) in [4.78, 5) is 15.8. The number of aliphatic hydroxyl groups excluding tert-OH is 1. The zero-order valence-corrected chi connectivity index (χ0v) is 16.4. The molecule has 1 fully saturated rings. The molecular formula is C16H29N3O4Si. The highest BCUT2D eigenvalue weighted by Crippen LogP contribution is 2.37. The maximum atomic E-state index is 12.0. The van der Waals surface area contributed by atoms with Crippen molar-refractivity contribution in [2.24, 2.45) is 0 Å². The summed E-state index contributed by atoms with van der Waals surface area (Å²) in [7, 11) is -1.92. The second-order valence-corrected chi connectivity index (χ2v) is 12.8. The summed E-state index contributed by atoms with van der Waals surface area (Å²) >= 11 is 0. The van der Waals surface area contributed by atoms with Crippen LogP contribution in [0.3, 0.4) is 0 Å². The lowest BCUT2D eigenvalue weighted by atomic mass is 10.2. The fraction of sp³-hybridized carbons (Fsp3) is 0.750. The van der Waals surface area contributed by atoms with Crippen LogP contribution in [0.15, 0.2) is 11.0 Å². The van der Waals surface area contributed by atoms with E-state index in [1.165, 1.54) is 4.57 Å². The Morgan fingerprint density at radius 2 is 2.12 bits per heavy atom. The van der Waals surface area contributed by atoms with Crippen LogP contribution >= 0.6 is 0 Å². The van der Waals surface area contributed by atoms with Crippen LogP contribution in [0.5, 0.6) is 0 Å². The van der Waals surface area contributed by atoms with E-state index in [9.17, 15) is 9.90 Å². The molecule has 1 aromatic rings. The molecule has 2 rings (SSSR count). The van der Waals surface area contributed by atoms with E-state index in [-0.39, 0.29) is 10.9 Å². The van der Waals surface area contributed by atoms with Crippen molar-refractivity contribution in [3.63, 3.8) is 0 Å². The van der Waals surface area contributed by atoms with Crippen molar-refractivity contribution in [3.8, 4) is 0 Å². The molecule has 1 unspecified atom stereocenters. The number of nitrogens with two attached hydrogens (primary N) is 1. The van der Waals surface area contributed by atoms with Gasteiger partial charge in [-0.3, -0.25) is 4.57 Å². The van der Waals surface area contributed by atoms with E-state index in [2.05, 4.69) is 38.8 Å². The highest BCUT2D eigenvalue weighted by atomic mass is 28.4. The number of aliphatic hydroxyl groups is 1. The Labute approximate surface area is 143 Å². The molecule has 136 valence electrons. The van der Waals surface area contributed by atoms with Crippen molar-refractivity contribution in [2.75, 3.05) is 12.3 Å². The normalized spacial score (nSPS) is 25.2. The molecule has 0 aromatic carbocycles. The van der Waals surface area contributed by atoms with Crippen LogP contribution in [0.4, 0.5) is 5.82 Å². The first kappa shape index (κ1) is 19.1. The molecule has 7 nitrogen and oxygen atoms in total.